The Morgan fingerprint density at radius 1 is 0.800 bits per heavy atom. The molecule has 0 aliphatic heterocycles. The number of nitrogens with one attached hydrogen (secondary N) is 3. The minimum absolute atomic E-state index is 0.0430. The number of amides is 3. The maximum absolute atomic E-state index is 13.8. The fourth-order valence-corrected chi connectivity index (χ4v) is 4.57. The summed E-state index contributed by atoms with van der Waals surface area (Å²) in [6.45, 7) is 0. The van der Waals surface area contributed by atoms with Gasteiger partial charge >= 0.3 is 0 Å². The van der Waals surface area contributed by atoms with Crippen molar-refractivity contribution in [2.24, 2.45) is 0 Å². The molecule has 4 rings (SSSR count). The highest BCUT2D eigenvalue weighted by molar-refractivity contribution is 8.00. The highest BCUT2D eigenvalue weighted by atomic mass is 32.2. The minimum Gasteiger partial charge on any atom is -0.497 e. The molecule has 0 atom stereocenters. The summed E-state index contributed by atoms with van der Waals surface area (Å²) in [5.41, 5.74) is -0.143. The van der Waals surface area contributed by atoms with Crippen LogP contribution in [-0.4, -0.2) is 37.7 Å². The van der Waals surface area contributed by atoms with Crippen LogP contribution < -0.4 is 25.4 Å². The molecule has 45 heavy (non-hydrogen) atoms. The van der Waals surface area contributed by atoms with Gasteiger partial charge in [-0.25, -0.2) is 17.6 Å². The van der Waals surface area contributed by atoms with Crippen LogP contribution in [0.3, 0.4) is 0 Å². The topological polar surface area (TPSA) is 106 Å². The van der Waals surface area contributed by atoms with Gasteiger partial charge in [-0.2, -0.15) is 0 Å². The molecule has 232 valence electrons. The molecule has 0 aliphatic carbocycles. The second-order valence-corrected chi connectivity index (χ2v) is 10.2. The van der Waals surface area contributed by atoms with Gasteiger partial charge in [0.05, 0.1) is 20.0 Å². The van der Waals surface area contributed by atoms with E-state index in [1.165, 1.54) is 32.4 Å². The van der Waals surface area contributed by atoms with Crippen LogP contribution in [0, 0.1) is 23.3 Å². The zero-order chi connectivity index (χ0) is 32.5. The third-order valence-corrected chi connectivity index (χ3v) is 7.14. The maximum Gasteiger partial charge on any atom is 0.272 e. The van der Waals surface area contributed by atoms with Crippen LogP contribution >= 0.6 is 11.8 Å². The molecule has 0 aromatic heterocycles. The van der Waals surface area contributed by atoms with Gasteiger partial charge in [-0.05, 0) is 54.6 Å². The summed E-state index contributed by atoms with van der Waals surface area (Å²) in [6, 6.07) is 19.5. The van der Waals surface area contributed by atoms with E-state index in [1.54, 1.807) is 60.7 Å². The van der Waals surface area contributed by atoms with Crippen molar-refractivity contribution in [1.82, 2.24) is 5.32 Å². The van der Waals surface area contributed by atoms with Crippen molar-refractivity contribution in [3.63, 3.8) is 0 Å². The van der Waals surface area contributed by atoms with E-state index < -0.39 is 46.7 Å². The molecule has 0 fully saturated rings. The fraction of sp³-hybridized carbons (Fsp3) is 0.0938. The van der Waals surface area contributed by atoms with Gasteiger partial charge in [0.1, 0.15) is 22.9 Å². The number of anilines is 2. The summed E-state index contributed by atoms with van der Waals surface area (Å²) < 4.78 is 65.1. The van der Waals surface area contributed by atoms with Crippen LogP contribution in [0.2, 0.25) is 0 Å². The Kier molecular flexibility index (Phi) is 10.8. The van der Waals surface area contributed by atoms with E-state index in [9.17, 15) is 31.9 Å². The van der Waals surface area contributed by atoms with Gasteiger partial charge < -0.3 is 25.4 Å². The Morgan fingerprint density at radius 2 is 1.47 bits per heavy atom. The molecule has 0 unspecified atom stereocenters. The molecule has 13 heteroatoms. The van der Waals surface area contributed by atoms with Crippen LogP contribution in [0.1, 0.15) is 15.9 Å². The van der Waals surface area contributed by atoms with E-state index in [2.05, 4.69) is 10.6 Å². The highest BCUT2D eigenvalue weighted by Crippen LogP contribution is 2.28. The van der Waals surface area contributed by atoms with Gasteiger partial charge in [-0.15, -0.1) is 11.8 Å². The lowest BCUT2D eigenvalue weighted by molar-refractivity contribution is -0.114. The lowest BCUT2D eigenvalue weighted by atomic mass is 10.1. The molecule has 0 bridgehead atoms. The van der Waals surface area contributed by atoms with Crippen molar-refractivity contribution >= 4 is 46.9 Å². The number of thioether (sulfide) groups is 1. The molecule has 0 saturated heterocycles. The predicted octanol–water partition coefficient (Wildman–Crippen LogP) is 6.40. The molecular formula is C32H25F4N3O5S. The quantitative estimate of drug-likeness (QED) is 0.0760. The number of hydrogen-bond acceptors (Lipinski definition) is 6. The largest absolute Gasteiger partial charge is 0.497 e. The van der Waals surface area contributed by atoms with E-state index >= 15 is 0 Å². The molecule has 3 N–H and O–H groups in total. The fourth-order valence-electron chi connectivity index (χ4n) is 3.88. The lowest BCUT2D eigenvalue weighted by Gasteiger charge is -2.13. The molecule has 0 saturated carbocycles. The van der Waals surface area contributed by atoms with Crippen molar-refractivity contribution in [2.75, 3.05) is 30.6 Å². The van der Waals surface area contributed by atoms with Crippen LogP contribution in [0.15, 0.2) is 89.5 Å². The van der Waals surface area contributed by atoms with Crippen molar-refractivity contribution < 1.29 is 41.4 Å². The maximum atomic E-state index is 13.8. The monoisotopic (exact) mass is 639 g/mol. The second kappa shape index (κ2) is 14.9. The van der Waals surface area contributed by atoms with Gasteiger partial charge in [0.2, 0.25) is 5.91 Å². The lowest BCUT2D eigenvalue weighted by Crippen LogP contribution is -2.30. The molecule has 0 radical (unpaired) electrons. The van der Waals surface area contributed by atoms with Crippen LogP contribution in [0.4, 0.5) is 28.9 Å². The second-order valence-electron chi connectivity index (χ2n) is 9.14. The summed E-state index contributed by atoms with van der Waals surface area (Å²) in [7, 11) is 2.95. The van der Waals surface area contributed by atoms with Crippen molar-refractivity contribution in [3.05, 3.63) is 119 Å². The number of hydrogen-bond donors (Lipinski definition) is 3. The van der Waals surface area contributed by atoms with Gasteiger partial charge in [0.15, 0.2) is 23.3 Å². The molecule has 3 amide bonds. The SMILES string of the molecule is COc1ccc(/C=C(\NC(=O)c2ccccc2)C(=O)Nc2ccc(SCC(=O)Nc3c(F)c(F)cc(F)c3F)cc2)c(OC)c1. The van der Waals surface area contributed by atoms with Crippen LogP contribution in [0.25, 0.3) is 6.08 Å². The van der Waals surface area contributed by atoms with E-state index in [1.807, 2.05) is 5.32 Å². The van der Waals surface area contributed by atoms with Gasteiger partial charge in [-0.3, -0.25) is 14.4 Å². The summed E-state index contributed by atoms with van der Waals surface area (Å²) in [4.78, 5) is 39.0. The Labute approximate surface area is 259 Å². The minimum atomic E-state index is -1.72. The standard InChI is InChI=1S/C32H25F4N3O5S/c1-43-21-11-8-19(26(15-21)44-2)14-25(38-31(41)18-6-4-3-5-7-18)32(42)37-20-9-12-22(13-10-20)45-17-27(40)39-30-28(35)23(33)16-24(34)29(30)36/h3-16H,17H2,1-2H3,(H,37,42)(H,38,41)(H,39,40)/b25-14-. The van der Waals surface area contributed by atoms with E-state index in [0.717, 1.165) is 11.8 Å². The van der Waals surface area contributed by atoms with Crippen molar-refractivity contribution in [2.45, 2.75) is 4.90 Å². The third kappa shape index (κ3) is 8.42. The molecule has 0 heterocycles. The van der Waals surface area contributed by atoms with E-state index in [0.29, 0.717) is 33.2 Å². The Hall–Kier alpha value is -5.30. The number of carbonyl (C=O) groups is 3. The predicted molar refractivity (Wildman–Crippen MR) is 162 cm³/mol. The highest BCUT2D eigenvalue weighted by Gasteiger charge is 2.21. The smallest absolute Gasteiger partial charge is 0.272 e. The van der Waals surface area contributed by atoms with Crippen molar-refractivity contribution in [1.29, 1.82) is 0 Å². The first kappa shape index (κ1) is 32.6. The summed E-state index contributed by atoms with van der Waals surface area (Å²) in [5, 5.41) is 7.17. The third-order valence-electron chi connectivity index (χ3n) is 6.13. The first-order chi connectivity index (χ1) is 21.6. The number of methoxy groups -OCH3 is 2. The molecule has 8 nitrogen and oxygen atoms in total. The number of ether oxygens (including phenoxy) is 2. The molecule has 4 aromatic rings. The van der Waals surface area contributed by atoms with E-state index in [-0.39, 0.29) is 17.5 Å². The molecule has 0 aliphatic rings. The Bertz CT molecular complexity index is 1730. The first-order valence-electron chi connectivity index (χ1n) is 13.1. The molecule has 0 spiro atoms. The molecular weight excluding hydrogens is 614 g/mol. The first-order valence-corrected chi connectivity index (χ1v) is 14.0. The number of carbonyl (C=O) groups excluding carboxylic acids is 3. The van der Waals surface area contributed by atoms with Gasteiger partial charge in [-0.1, -0.05) is 18.2 Å². The zero-order valence-corrected chi connectivity index (χ0v) is 24.6. The molecule has 4 aromatic carbocycles. The average molecular weight is 640 g/mol. The Balaban J connectivity index is 1.46. The van der Waals surface area contributed by atoms with Crippen molar-refractivity contribution in [3.8, 4) is 11.5 Å². The summed E-state index contributed by atoms with van der Waals surface area (Å²) in [5.74, 6) is -8.21. The number of halogens is 4. The van der Waals surface area contributed by atoms with Crippen LogP contribution in [0.5, 0.6) is 11.5 Å². The summed E-state index contributed by atoms with van der Waals surface area (Å²) in [6.07, 6.45) is 1.45. The zero-order valence-electron chi connectivity index (χ0n) is 23.8. The van der Waals surface area contributed by atoms with Gasteiger partial charge in [0, 0.05) is 33.8 Å². The van der Waals surface area contributed by atoms with Gasteiger partial charge in [0.25, 0.3) is 11.8 Å². The Morgan fingerprint density at radius 3 is 2.09 bits per heavy atom. The summed E-state index contributed by atoms with van der Waals surface area (Å²) >= 11 is 0.967. The van der Waals surface area contributed by atoms with Crippen LogP contribution in [-0.2, 0) is 9.59 Å². The average Bonchev–Trinajstić information content (AvgIpc) is 3.05. The number of rotatable bonds is 11. The van der Waals surface area contributed by atoms with E-state index in [4.69, 9.17) is 9.47 Å². The normalized spacial score (nSPS) is 11.0. The number of benzene rings is 4.